The van der Waals surface area contributed by atoms with E-state index in [0.29, 0.717) is 0 Å². The second kappa shape index (κ2) is 24.3. The van der Waals surface area contributed by atoms with E-state index in [1.54, 1.807) is 0 Å². The van der Waals surface area contributed by atoms with Crippen LogP contribution in [0, 0.1) is 16.2 Å². The van der Waals surface area contributed by atoms with Gasteiger partial charge in [0.15, 0.2) is 6.61 Å². The predicted molar refractivity (Wildman–Crippen MR) is 158 cm³/mol. The van der Waals surface area contributed by atoms with E-state index >= 15 is 0 Å². The summed E-state index contributed by atoms with van der Waals surface area (Å²) in [6, 6.07) is 0. The van der Waals surface area contributed by atoms with E-state index in [4.69, 9.17) is 38.6 Å². The first-order valence-electron chi connectivity index (χ1n) is 14.4. The van der Waals surface area contributed by atoms with Crippen molar-refractivity contribution in [3.8, 4) is 0 Å². The predicted octanol–water partition coefficient (Wildman–Crippen LogP) is 1.22. The number of nitrogens with zero attached hydrogens (tertiary/aromatic N) is 4. The number of esters is 1. The highest BCUT2D eigenvalue weighted by molar-refractivity contribution is 5.76. The zero-order chi connectivity index (χ0) is 35.0. The maximum absolute atomic E-state index is 12.3. The quantitative estimate of drug-likeness (QED) is 0.397. The molecule has 44 heavy (non-hydrogen) atoms. The molecule has 0 spiro atoms. The van der Waals surface area contributed by atoms with Crippen LogP contribution in [0.3, 0.4) is 0 Å². The molecule has 0 aromatic rings. The Morgan fingerprint density at radius 2 is 0.773 bits per heavy atom. The number of aliphatic carboxylic acids is 1. The summed E-state index contributed by atoms with van der Waals surface area (Å²) in [6.07, 6.45) is 0.750. The summed E-state index contributed by atoms with van der Waals surface area (Å²) in [5.74, 6) is -1.60. The Kier molecular flexibility index (Phi) is 25.0. The van der Waals surface area contributed by atoms with Crippen molar-refractivity contribution in [1.82, 2.24) is 19.6 Å². The van der Waals surface area contributed by atoms with Gasteiger partial charge in [0.05, 0.1) is 6.54 Å². The smallest absolute Gasteiger partial charge is 0.373 e. The Morgan fingerprint density at radius 3 is 0.977 bits per heavy atom. The molecule has 0 saturated carbocycles. The van der Waals surface area contributed by atoms with Gasteiger partial charge in [-0.05, 0) is 16.2 Å². The highest BCUT2D eigenvalue weighted by Gasteiger charge is 2.24. The molecule has 1 N–H and O–H groups in total. The molecular formula is C30H54N4O10. The molecule has 0 atom stereocenters. The van der Waals surface area contributed by atoms with Crippen molar-refractivity contribution in [3.63, 3.8) is 0 Å². The molecule has 0 unspecified atom stereocenters. The van der Waals surface area contributed by atoms with Gasteiger partial charge in [0, 0.05) is 72.0 Å². The summed E-state index contributed by atoms with van der Waals surface area (Å²) in [6.45, 7) is 30.4. The lowest BCUT2D eigenvalue weighted by atomic mass is 9.95. The summed E-state index contributed by atoms with van der Waals surface area (Å²) in [7, 11) is 0. The monoisotopic (exact) mass is 630 g/mol. The number of carbonyl (C=O) groups is 2. The van der Waals surface area contributed by atoms with Crippen LogP contribution in [-0.2, 0) is 43.1 Å². The number of hydrogen-bond acceptors (Lipinski definition) is 13. The molecule has 0 aliphatic carbocycles. The summed E-state index contributed by atoms with van der Waals surface area (Å²) in [4.78, 5) is 81.7. The van der Waals surface area contributed by atoms with E-state index in [0.717, 1.165) is 72.0 Å². The Labute approximate surface area is 262 Å². The van der Waals surface area contributed by atoms with E-state index in [1.807, 2.05) is 0 Å². The fourth-order valence-corrected chi connectivity index (χ4v) is 4.59. The van der Waals surface area contributed by atoms with Gasteiger partial charge in [0.25, 0.3) is 0 Å². The van der Waals surface area contributed by atoms with Crippen molar-refractivity contribution in [3.05, 3.63) is 0 Å². The zero-order valence-electron chi connectivity index (χ0n) is 28.1. The van der Waals surface area contributed by atoms with Gasteiger partial charge >= 0.3 is 30.4 Å². The van der Waals surface area contributed by atoms with E-state index < -0.39 is 18.5 Å². The van der Waals surface area contributed by atoms with Crippen LogP contribution < -0.4 is 0 Å². The minimum Gasteiger partial charge on any atom is -0.479 e. The van der Waals surface area contributed by atoms with E-state index in [-0.39, 0.29) is 41.2 Å². The standard InChI is InChI=1S/C27H54N4O4.3CO2/c1-25(2,3)20-29-12-10-28(18-24(34)35-19-23(32)33)11-13-30(21-26(4,5)6)15-17-31(16-14-29)22-27(7,8)9;3*2-1-3/h10-22H2,1-9H3,(H,32,33);;;. The average molecular weight is 631 g/mol. The second-order valence-electron chi connectivity index (χ2n) is 14.1. The summed E-state index contributed by atoms with van der Waals surface area (Å²) in [5, 5.41) is 8.85. The van der Waals surface area contributed by atoms with E-state index in [2.05, 4.69) is 81.9 Å². The molecule has 1 aliphatic heterocycles. The molecule has 254 valence electrons. The number of carbonyl (C=O) groups excluding carboxylic acids is 7. The van der Waals surface area contributed by atoms with Gasteiger partial charge in [-0.3, -0.25) is 9.69 Å². The Hall–Kier alpha value is -3.08. The van der Waals surface area contributed by atoms with Crippen molar-refractivity contribution < 1.29 is 48.2 Å². The Balaban J connectivity index is -0.00000165. The lowest BCUT2D eigenvalue weighted by Gasteiger charge is -2.38. The fraction of sp³-hybridized carbons (Fsp3) is 0.833. The topological polar surface area (TPSA) is 179 Å². The zero-order valence-corrected chi connectivity index (χ0v) is 28.1. The third-order valence-corrected chi connectivity index (χ3v) is 5.73. The van der Waals surface area contributed by atoms with Crippen molar-refractivity contribution in [2.24, 2.45) is 16.2 Å². The lowest BCUT2D eigenvalue weighted by molar-refractivity contribution is -0.193. The third kappa shape index (κ3) is 33.4. The van der Waals surface area contributed by atoms with E-state index in [1.165, 1.54) is 0 Å². The second-order valence-corrected chi connectivity index (χ2v) is 14.1. The first-order chi connectivity index (χ1) is 20.2. The molecule has 1 saturated heterocycles. The molecule has 14 heteroatoms. The van der Waals surface area contributed by atoms with Crippen LogP contribution in [0.1, 0.15) is 62.3 Å². The normalized spacial score (nSPS) is 16.2. The van der Waals surface area contributed by atoms with Gasteiger partial charge in [-0.2, -0.15) is 28.8 Å². The van der Waals surface area contributed by atoms with Gasteiger partial charge in [-0.15, -0.1) is 0 Å². The van der Waals surface area contributed by atoms with Crippen molar-refractivity contribution >= 4 is 30.4 Å². The third-order valence-electron chi connectivity index (χ3n) is 5.73. The summed E-state index contributed by atoms with van der Waals surface area (Å²) >= 11 is 0. The molecule has 0 amide bonds. The maximum Gasteiger partial charge on any atom is 0.373 e. The fourth-order valence-electron chi connectivity index (χ4n) is 4.59. The molecular weight excluding hydrogens is 576 g/mol. The van der Waals surface area contributed by atoms with Crippen LogP contribution in [0.4, 0.5) is 0 Å². The van der Waals surface area contributed by atoms with Crippen LogP contribution in [0.25, 0.3) is 0 Å². The number of hydrogen-bond donors (Lipinski definition) is 1. The first kappa shape index (κ1) is 45.4. The lowest BCUT2D eigenvalue weighted by Crippen LogP contribution is -2.50. The highest BCUT2D eigenvalue weighted by atomic mass is 16.5. The molecule has 1 heterocycles. The van der Waals surface area contributed by atoms with Gasteiger partial charge in [0.1, 0.15) is 0 Å². The summed E-state index contributed by atoms with van der Waals surface area (Å²) in [5.41, 5.74) is 0.606. The molecule has 0 aromatic carbocycles. The molecule has 0 radical (unpaired) electrons. The average Bonchev–Trinajstić information content (AvgIpc) is 2.83. The summed E-state index contributed by atoms with van der Waals surface area (Å²) < 4.78 is 4.94. The Bertz CT molecular complexity index is 844. The molecule has 1 rings (SSSR count). The number of rotatable bonds is 7. The Morgan fingerprint density at radius 1 is 0.545 bits per heavy atom. The maximum atomic E-state index is 12.3. The SMILES string of the molecule is CC(C)(C)CN1CCN(CC(=O)OCC(=O)O)CCN(CC(C)(C)C)CCN(CC(C)(C)C)CC1.O=C=O.O=C=O.O=C=O. The largest absolute Gasteiger partial charge is 0.479 e. The van der Waals surface area contributed by atoms with Gasteiger partial charge in [0.2, 0.25) is 0 Å². The van der Waals surface area contributed by atoms with Gasteiger partial charge in [-0.25, -0.2) is 4.79 Å². The van der Waals surface area contributed by atoms with Crippen LogP contribution in [0.5, 0.6) is 0 Å². The molecule has 1 aliphatic rings. The highest BCUT2D eigenvalue weighted by Crippen LogP contribution is 2.19. The minimum absolute atomic E-state index is 0.121. The van der Waals surface area contributed by atoms with Crippen LogP contribution in [0.15, 0.2) is 0 Å². The molecule has 14 nitrogen and oxygen atoms in total. The van der Waals surface area contributed by atoms with Gasteiger partial charge in [-0.1, -0.05) is 62.3 Å². The van der Waals surface area contributed by atoms with Gasteiger partial charge < -0.3 is 24.5 Å². The molecule has 0 aromatic heterocycles. The first-order valence-corrected chi connectivity index (χ1v) is 14.4. The van der Waals surface area contributed by atoms with Crippen LogP contribution in [-0.4, -0.2) is 140 Å². The minimum atomic E-state index is -1.13. The van der Waals surface area contributed by atoms with Crippen LogP contribution in [0.2, 0.25) is 0 Å². The van der Waals surface area contributed by atoms with Crippen molar-refractivity contribution in [2.45, 2.75) is 62.3 Å². The number of carboxylic acid groups (broad SMARTS) is 1. The molecule has 1 fully saturated rings. The van der Waals surface area contributed by atoms with Crippen LogP contribution >= 0.6 is 0 Å². The molecule has 0 bridgehead atoms. The van der Waals surface area contributed by atoms with Crippen molar-refractivity contribution in [2.75, 3.05) is 85.1 Å². The number of carboxylic acids is 1. The number of ether oxygens (including phenoxy) is 1. The van der Waals surface area contributed by atoms with Crippen molar-refractivity contribution in [1.29, 1.82) is 0 Å². The van der Waals surface area contributed by atoms with E-state index in [9.17, 15) is 9.59 Å².